The molecule has 0 atom stereocenters. The number of rotatable bonds is 5. The molecule has 0 heterocycles. The number of aryl methyl sites for hydroxylation is 2. The van der Waals surface area contributed by atoms with Crippen LogP contribution in [0, 0.1) is 25.2 Å². The summed E-state index contributed by atoms with van der Waals surface area (Å²) in [5, 5.41) is 21.8. The zero-order valence-electron chi connectivity index (χ0n) is 14.5. The first kappa shape index (κ1) is 18.1. The average molecular weight is 336 g/mol. The molecule has 0 bridgehead atoms. The molecule has 0 saturated carbocycles. The summed E-state index contributed by atoms with van der Waals surface area (Å²) in [6.45, 7) is 6.00. The van der Waals surface area contributed by atoms with Gasteiger partial charge in [-0.25, -0.2) is 0 Å². The molecule has 0 aliphatic rings. The molecule has 2 N–H and O–H groups in total. The quantitative estimate of drug-likeness (QED) is 0.640. The second kappa shape index (κ2) is 8.02. The largest absolute Gasteiger partial charge is 0.507 e. The molecule has 25 heavy (non-hydrogen) atoms. The van der Waals surface area contributed by atoms with E-state index in [-0.39, 0.29) is 11.3 Å². The maximum atomic E-state index is 12.3. The highest BCUT2D eigenvalue weighted by Crippen LogP contribution is 2.24. The van der Waals surface area contributed by atoms with Gasteiger partial charge in [0, 0.05) is 5.69 Å². The van der Waals surface area contributed by atoms with Crippen LogP contribution in [-0.2, 0) is 4.79 Å². The second-order valence-electron chi connectivity index (χ2n) is 5.58. The van der Waals surface area contributed by atoms with E-state index < -0.39 is 5.91 Å². The van der Waals surface area contributed by atoms with Crippen molar-refractivity contribution in [2.75, 3.05) is 11.9 Å². The normalized spacial score (nSPS) is 10.9. The molecule has 0 unspecified atom stereocenters. The molecule has 5 heteroatoms. The van der Waals surface area contributed by atoms with Gasteiger partial charge < -0.3 is 15.2 Å². The fraction of sp³-hybridized carbons (Fsp3) is 0.200. The lowest BCUT2D eigenvalue weighted by molar-refractivity contribution is -0.112. The van der Waals surface area contributed by atoms with Crippen LogP contribution in [0.1, 0.15) is 23.6 Å². The standard InChI is InChI=1S/C20H20N2O3/c1-4-25-18-7-5-17(6-8-18)22-20(24)16(12-21)11-15-9-13(2)19(23)14(3)10-15/h5-11,23H,4H2,1-3H3,(H,22,24). The van der Waals surface area contributed by atoms with Gasteiger partial charge in [-0.15, -0.1) is 0 Å². The van der Waals surface area contributed by atoms with E-state index in [9.17, 15) is 15.2 Å². The van der Waals surface area contributed by atoms with E-state index in [1.807, 2.05) is 13.0 Å². The van der Waals surface area contributed by atoms with Crippen molar-refractivity contribution in [2.24, 2.45) is 0 Å². The molecule has 1 amide bonds. The first-order valence-corrected chi connectivity index (χ1v) is 7.90. The summed E-state index contributed by atoms with van der Waals surface area (Å²) in [6.07, 6.45) is 1.50. The number of amides is 1. The predicted octanol–water partition coefficient (Wildman–Crippen LogP) is 3.95. The van der Waals surface area contributed by atoms with Crippen LogP contribution < -0.4 is 10.1 Å². The Kier molecular flexibility index (Phi) is 5.80. The van der Waals surface area contributed by atoms with Crippen LogP contribution in [0.2, 0.25) is 0 Å². The second-order valence-corrected chi connectivity index (χ2v) is 5.58. The molecule has 0 aliphatic carbocycles. The fourth-order valence-electron chi connectivity index (χ4n) is 2.39. The third-order valence-electron chi connectivity index (χ3n) is 3.61. The van der Waals surface area contributed by atoms with Crippen molar-refractivity contribution in [3.05, 3.63) is 58.7 Å². The summed E-state index contributed by atoms with van der Waals surface area (Å²) in [6, 6.07) is 12.3. The third-order valence-corrected chi connectivity index (χ3v) is 3.61. The highest BCUT2D eigenvalue weighted by Gasteiger charge is 2.11. The van der Waals surface area contributed by atoms with Gasteiger partial charge in [0.05, 0.1) is 6.61 Å². The lowest BCUT2D eigenvalue weighted by atomic mass is 10.0. The fourth-order valence-corrected chi connectivity index (χ4v) is 2.39. The lowest BCUT2D eigenvalue weighted by Gasteiger charge is -2.08. The number of ether oxygens (including phenoxy) is 1. The summed E-state index contributed by atoms with van der Waals surface area (Å²) in [7, 11) is 0. The van der Waals surface area contributed by atoms with Crippen LogP contribution in [-0.4, -0.2) is 17.6 Å². The van der Waals surface area contributed by atoms with Crippen LogP contribution in [0.15, 0.2) is 42.0 Å². The van der Waals surface area contributed by atoms with Crippen molar-refractivity contribution < 1.29 is 14.6 Å². The van der Waals surface area contributed by atoms with Gasteiger partial charge in [0.1, 0.15) is 23.1 Å². The molecule has 2 aromatic carbocycles. The van der Waals surface area contributed by atoms with E-state index in [0.717, 1.165) is 0 Å². The molecular weight excluding hydrogens is 316 g/mol. The Morgan fingerprint density at radius 2 is 1.84 bits per heavy atom. The summed E-state index contributed by atoms with van der Waals surface area (Å²) in [5.74, 6) is 0.441. The summed E-state index contributed by atoms with van der Waals surface area (Å²) in [5.41, 5.74) is 2.63. The summed E-state index contributed by atoms with van der Waals surface area (Å²) < 4.78 is 5.35. The van der Waals surface area contributed by atoms with Gasteiger partial charge in [-0.05, 0) is 79.9 Å². The number of carbonyl (C=O) groups excluding carboxylic acids is 1. The number of nitrogens with zero attached hydrogens (tertiary/aromatic N) is 1. The zero-order chi connectivity index (χ0) is 18.4. The number of nitriles is 1. The topological polar surface area (TPSA) is 82.3 Å². The minimum atomic E-state index is -0.491. The van der Waals surface area contributed by atoms with Gasteiger partial charge in [-0.2, -0.15) is 5.26 Å². The highest BCUT2D eigenvalue weighted by molar-refractivity contribution is 6.09. The molecule has 0 saturated heterocycles. The van der Waals surface area contributed by atoms with Crippen LogP contribution in [0.25, 0.3) is 6.08 Å². The van der Waals surface area contributed by atoms with Gasteiger partial charge in [0.15, 0.2) is 0 Å². The predicted molar refractivity (Wildman–Crippen MR) is 97.4 cm³/mol. The monoisotopic (exact) mass is 336 g/mol. The number of anilines is 1. The van der Waals surface area contributed by atoms with Crippen molar-refractivity contribution in [1.29, 1.82) is 5.26 Å². The minimum Gasteiger partial charge on any atom is -0.507 e. The van der Waals surface area contributed by atoms with Crippen LogP contribution in [0.5, 0.6) is 11.5 Å². The molecule has 5 nitrogen and oxygen atoms in total. The number of benzene rings is 2. The first-order valence-electron chi connectivity index (χ1n) is 7.90. The number of carbonyl (C=O) groups is 1. The molecular formula is C20H20N2O3. The smallest absolute Gasteiger partial charge is 0.266 e. The number of phenolic OH excluding ortho intramolecular Hbond substituents is 1. The third kappa shape index (κ3) is 4.61. The summed E-state index contributed by atoms with van der Waals surface area (Å²) in [4.78, 5) is 12.3. The molecule has 0 fully saturated rings. The number of hydrogen-bond acceptors (Lipinski definition) is 4. The van der Waals surface area contributed by atoms with E-state index in [2.05, 4.69) is 5.32 Å². The van der Waals surface area contributed by atoms with Crippen LogP contribution in [0.4, 0.5) is 5.69 Å². The Bertz CT molecular complexity index is 823. The number of phenols is 1. The maximum Gasteiger partial charge on any atom is 0.266 e. The number of nitrogens with one attached hydrogen (secondary N) is 1. The SMILES string of the molecule is CCOc1ccc(NC(=O)C(C#N)=Cc2cc(C)c(O)c(C)c2)cc1. The van der Waals surface area contributed by atoms with Gasteiger partial charge >= 0.3 is 0 Å². The van der Waals surface area contributed by atoms with Gasteiger partial charge in [0.25, 0.3) is 5.91 Å². The molecule has 2 rings (SSSR count). The Labute approximate surface area is 147 Å². The van der Waals surface area contributed by atoms with E-state index >= 15 is 0 Å². The maximum absolute atomic E-state index is 12.3. The Balaban J connectivity index is 2.19. The van der Waals surface area contributed by atoms with Crippen molar-refractivity contribution in [1.82, 2.24) is 0 Å². The van der Waals surface area contributed by atoms with Crippen molar-refractivity contribution >= 4 is 17.7 Å². The van der Waals surface area contributed by atoms with Crippen molar-refractivity contribution in [3.63, 3.8) is 0 Å². The number of hydrogen-bond donors (Lipinski definition) is 2. The Morgan fingerprint density at radius 3 is 2.36 bits per heavy atom. The van der Waals surface area contributed by atoms with Gasteiger partial charge in [0.2, 0.25) is 0 Å². The summed E-state index contributed by atoms with van der Waals surface area (Å²) >= 11 is 0. The molecule has 128 valence electrons. The van der Waals surface area contributed by atoms with Crippen molar-refractivity contribution in [2.45, 2.75) is 20.8 Å². The lowest BCUT2D eigenvalue weighted by Crippen LogP contribution is -2.13. The van der Waals surface area contributed by atoms with Crippen LogP contribution >= 0.6 is 0 Å². The van der Waals surface area contributed by atoms with Crippen molar-refractivity contribution in [3.8, 4) is 17.6 Å². The molecule has 0 radical (unpaired) electrons. The average Bonchev–Trinajstić information content (AvgIpc) is 2.59. The molecule has 0 aliphatic heterocycles. The molecule has 2 aromatic rings. The number of aromatic hydroxyl groups is 1. The highest BCUT2D eigenvalue weighted by atomic mass is 16.5. The van der Waals surface area contributed by atoms with Gasteiger partial charge in [-0.3, -0.25) is 4.79 Å². The van der Waals surface area contributed by atoms with E-state index in [1.165, 1.54) is 6.08 Å². The Morgan fingerprint density at radius 1 is 1.24 bits per heavy atom. The zero-order valence-corrected chi connectivity index (χ0v) is 14.5. The first-order chi connectivity index (χ1) is 11.9. The van der Waals surface area contributed by atoms with Crippen LogP contribution in [0.3, 0.4) is 0 Å². The molecule has 0 aromatic heterocycles. The van der Waals surface area contributed by atoms with E-state index in [0.29, 0.717) is 34.7 Å². The minimum absolute atomic E-state index is 0.0154. The van der Waals surface area contributed by atoms with E-state index in [1.54, 1.807) is 50.2 Å². The van der Waals surface area contributed by atoms with E-state index in [4.69, 9.17) is 4.74 Å². The Hall–Kier alpha value is -3.26. The van der Waals surface area contributed by atoms with Gasteiger partial charge in [-0.1, -0.05) is 0 Å². The molecule has 0 spiro atoms.